The molecule has 0 radical (unpaired) electrons. The molecule has 1 saturated heterocycles. The molecule has 0 aromatic carbocycles. The molecular formula is C21H22F3N7O. The second kappa shape index (κ2) is 7.88. The molecule has 2 fully saturated rings. The molecule has 3 aromatic heterocycles. The molecule has 0 amide bonds. The molecule has 1 atom stereocenters. The fraction of sp³-hybridized carbons (Fsp3) is 0.524. The highest BCUT2D eigenvalue weighted by Gasteiger charge is 2.49. The number of aromatic nitrogens is 6. The maximum absolute atomic E-state index is 13.1. The number of morpholine rings is 1. The Bertz CT molecular complexity index is 1150. The summed E-state index contributed by atoms with van der Waals surface area (Å²) < 4.78 is 45.1. The van der Waals surface area contributed by atoms with Crippen LogP contribution in [0.2, 0.25) is 0 Å². The van der Waals surface area contributed by atoms with Crippen LogP contribution in [0.4, 0.5) is 19.1 Å². The number of nitrogens with zero attached hydrogens (tertiary/aromatic N) is 7. The third-order valence-corrected chi connectivity index (χ3v) is 6.05. The lowest BCUT2D eigenvalue weighted by atomic mass is 9.72. The summed E-state index contributed by atoms with van der Waals surface area (Å²) in [7, 11) is 0. The van der Waals surface area contributed by atoms with Gasteiger partial charge in [0.25, 0.3) is 0 Å². The first kappa shape index (κ1) is 20.9. The summed E-state index contributed by atoms with van der Waals surface area (Å²) in [6.45, 7) is 5.19. The molecule has 32 heavy (non-hydrogen) atoms. The van der Waals surface area contributed by atoms with E-state index in [-0.39, 0.29) is 24.9 Å². The van der Waals surface area contributed by atoms with Crippen LogP contribution in [-0.4, -0.2) is 56.0 Å². The van der Waals surface area contributed by atoms with Gasteiger partial charge in [0.15, 0.2) is 5.65 Å². The SMILES string of the molecule is Cc1cc([C@@H]2CN(c3nc4nc(C)cnc4c([C@H]4C[C@@H](C(F)(F)F)C4)n3)CCO2)cnn1. The van der Waals surface area contributed by atoms with Crippen molar-refractivity contribution in [3.63, 3.8) is 0 Å². The van der Waals surface area contributed by atoms with E-state index in [4.69, 9.17) is 9.72 Å². The molecule has 168 valence electrons. The summed E-state index contributed by atoms with van der Waals surface area (Å²) in [5, 5.41) is 7.99. The van der Waals surface area contributed by atoms with Gasteiger partial charge in [-0.25, -0.2) is 15.0 Å². The van der Waals surface area contributed by atoms with Gasteiger partial charge in [0.05, 0.1) is 42.3 Å². The topological polar surface area (TPSA) is 89.8 Å². The lowest BCUT2D eigenvalue weighted by Crippen LogP contribution is -2.40. The van der Waals surface area contributed by atoms with Crippen LogP contribution in [0.1, 0.15) is 47.5 Å². The van der Waals surface area contributed by atoms with Gasteiger partial charge < -0.3 is 9.64 Å². The molecule has 2 aliphatic rings. The van der Waals surface area contributed by atoms with Crippen LogP contribution in [0.3, 0.4) is 0 Å². The predicted molar refractivity (Wildman–Crippen MR) is 109 cm³/mol. The first-order valence-corrected chi connectivity index (χ1v) is 10.5. The lowest BCUT2D eigenvalue weighted by molar-refractivity contribution is -0.197. The van der Waals surface area contributed by atoms with Gasteiger partial charge in [0, 0.05) is 24.2 Å². The molecule has 1 aliphatic heterocycles. The molecule has 0 unspecified atom stereocenters. The summed E-state index contributed by atoms with van der Waals surface area (Å²) in [5.74, 6) is -1.17. The average molecular weight is 445 g/mol. The summed E-state index contributed by atoms with van der Waals surface area (Å²) in [6, 6.07) is 1.92. The molecule has 0 spiro atoms. The smallest absolute Gasteiger partial charge is 0.370 e. The Balaban J connectivity index is 1.47. The van der Waals surface area contributed by atoms with E-state index in [9.17, 15) is 13.2 Å². The number of ether oxygens (including phenoxy) is 1. The van der Waals surface area contributed by atoms with Crippen LogP contribution in [0.25, 0.3) is 11.2 Å². The second-order valence-corrected chi connectivity index (χ2v) is 8.44. The zero-order valence-electron chi connectivity index (χ0n) is 17.7. The van der Waals surface area contributed by atoms with E-state index in [1.165, 1.54) is 0 Å². The lowest BCUT2D eigenvalue weighted by Gasteiger charge is -2.37. The highest BCUT2D eigenvalue weighted by molar-refractivity contribution is 5.74. The molecule has 1 saturated carbocycles. The molecule has 5 rings (SSSR count). The zero-order chi connectivity index (χ0) is 22.5. The Kier molecular flexibility index (Phi) is 5.15. The Morgan fingerprint density at radius 3 is 2.62 bits per heavy atom. The van der Waals surface area contributed by atoms with Crippen molar-refractivity contribution in [2.45, 2.75) is 44.9 Å². The van der Waals surface area contributed by atoms with Gasteiger partial charge in [0.2, 0.25) is 5.95 Å². The van der Waals surface area contributed by atoms with Crippen molar-refractivity contribution in [1.29, 1.82) is 0 Å². The van der Waals surface area contributed by atoms with Crippen molar-refractivity contribution in [3.8, 4) is 0 Å². The van der Waals surface area contributed by atoms with Gasteiger partial charge >= 0.3 is 6.18 Å². The predicted octanol–water partition coefficient (Wildman–Crippen LogP) is 3.46. The summed E-state index contributed by atoms with van der Waals surface area (Å²) in [4.78, 5) is 20.2. The van der Waals surface area contributed by atoms with Crippen molar-refractivity contribution in [3.05, 3.63) is 41.1 Å². The Morgan fingerprint density at radius 1 is 1.06 bits per heavy atom. The van der Waals surface area contributed by atoms with Gasteiger partial charge in [-0.3, -0.25) is 0 Å². The fourth-order valence-corrected chi connectivity index (χ4v) is 4.24. The number of fused-ring (bicyclic) bond motifs is 1. The Hall–Kier alpha value is -2.95. The van der Waals surface area contributed by atoms with Crippen molar-refractivity contribution < 1.29 is 17.9 Å². The van der Waals surface area contributed by atoms with E-state index in [0.29, 0.717) is 48.2 Å². The molecule has 11 heteroatoms. The van der Waals surface area contributed by atoms with Crippen LogP contribution < -0.4 is 4.90 Å². The minimum atomic E-state index is -4.18. The molecule has 4 heterocycles. The van der Waals surface area contributed by atoms with E-state index < -0.39 is 12.1 Å². The van der Waals surface area contributed by atoms with Gasteiger partial charge in [-0.2, -0.15) is 28.4 Å². The van der Waals surface area contributed by atoms with E-state index in [1.807, 2.05) is 17.9 Å². The van der Waals surface area contributed by atoms with Crippen molar-refractivity contribution >= 4 is 17.1 Å². The highest BCUT2D eigenvalue weighted by atomic mass is 19.4. The molecule has 8 nitrogen and oxygen atoms in total. The average Bonchev–Trinajstić information content (AvgIpc) is 2.71. The van der Waals surface area contributed by atoms with Crippen molar-refractivity contribution in [2.75, 3.05) is 24.6 Å². The largest absolute Gasteiger partial charge is 0.391 e. The summed E-state index contributed by atoms with van der Waals surface area (Å²) in [6.07, 6.45) is -1.12. The monoisotopic (exact) mass is 445 g/mol. The summed E-state index contributed by atoms with van der Waals surface area (Å²) >= 11 is 0. The number of aryl methyl sites for hydroxylation is 2. The van der Waals surface area contributed by atoms with Crippen LogP contribution >= 0.6 is 0 Å². The number of hydrogen-bond donors (Lipinski definition) is 0. The van der Waals surface area contributed by atoms with Gasteiger partial charge in [-0.1, -0.05) is 0 Å². The molecule has 1 aliphatic carbocycles. The third kappa shape index (κ3) is 3.96. The minimum absolute atomic E-state index is 0.0122. The second-order valence-electron chi connectivity index (χ2n) is 8.44. The standard InChI is InChI=1S/C21H22F3N7O/c1-11-5-14(9-26-30-11)16-10-31(3-4-32-16)20-28-17(13-6-15(7-13)21(22,23)24)18-19(29-20)27-12(2)8-25-18/h5,8-9,13,15-16H,3-4,6-7,10H2,1-2H3/t13-,15+,16-/m0/s1. The highest BCUT2D eigenvalue weighted by Crippen LogP contribution is 2.50. The molecular weight excluding hydrogens is 423 g/mol. The maximum Gasteiger partial charge on any atom is 0.391 e. The van der Waals surface area contributed by atoms with Crippen LogP contribution in [0.5, 0.6) is 0 Å². The molecule has 0 bridgehead atoms. The third-order valence-electron chi connectivity index (χ3n) is 6.05. The first-order chi connectivity index (χ1) is 15.3. The van der Waals surface area contributed by atoms with Crippen molar-refractivity contribution in [1.82, 2.24) is 30.1 Å². The first-order valence-electron chi connectivity index (χ1n) is 10.5. The normalized spacial score (nSPS) is 23.9. The number of halogens is 3. The van der Waals surface area contributed by atoms with Gasteiger partial charge in [-0.05, 0) is 32.8 Å². The van der Waals surface area contributed by atoms with E-state index >= 15 is 0 Å². The van der Waals surface area contributed by atoms with Crippen molar-refractivity contribution in [2.24, 2.45) is 5.92 Å². The number of anilines is 1. The van der Waals surface area contributed by atoms with Crippen LogP contribution in [0, 0.1) is 19.8 Å². The zero-order valence-corrected chi connectivity index (χ0v) is 17.7. The number of rotatable bonds is 3. The van der Waals surface area contributed by atoms with Crippen LogP contribution in [0.15, 0.2) is 18.5 Å². The van der Waals surface area contributed by atoms with E-state index in [2.05, 4.69) is 25.1 Å². The maximum atomic E-state index is 13.1. The number of hydrogen-bond acceptors (Lipinski definition) is 8. The fourth-order valence-electron chi connectivity index (χ4n) is 4.24. The van der Waals surface area contributed by atoms with E-state index in [1.54, 1.807) is 19.3 Å². The van der Waals surface area contributed by atoms with Gasteiger partial charge in [-0.15, -0.1) is 0 Å². The molecule has 0 N–H and O–H groups in total. The molecule has 3 aromatic rings. The quantitative estimate of drug-likeness (QED) is 0.606. The number of alkyl halides is 3. The minimum Gasteiger partial charge on any atom is -0.370 e. The Labute approximate surface area is 182 Å². The summed E-state index contributed by atoms with van der Waals surface area (Å²) in [5.41, 5.74) is 3.82. The van der Waals surface area contributed by atoms with Crippen LogP contribution in [-0.2, 0) is 4.74 Å². The Morgan fingerprint density at radius 2 is 1.88 bits per heavy atom. The van der Waals surface area contributed by atoms with Gasteiger partial charge in [0.1, 0.15) is 11.6 Å². The van der Waals surface area contributed by atoms with E-state index in [0.717, 1.165) is 11.3 Å².